The van der Waals surface area contributed by atoms with E-state index in [4.69, 9.17) is 4.74 Å². The molecule has 4 aromatic rings. The van der Waals surface area contributed by atoms with Gasteiger partial charge < -0.3 is 10.1 Å². The number of nitrogens with one attached hydrogen (secondary N) is 2. The van der Waals surface area contributed by atoms with Crippen molar-refractivity contribution in [1.82, 2.24) is 9.36 Å². The van der Waals surface area contributed by atoms with Crippen molar-refractivity contribution in [3.63, 3.8) is 0 Å². The minimum atomic E-state index is -4.00. The molecule has 1 heterocycles. The van der Waals surface area contributed by atoms with E-state index in [2.05, 4.69) is 26.0 Å². The summed E-state index contributed by atoms with van der Waals surface area (Å²) in [6, 6.07) is 20.8. The lowest BCUT2D eigenvalue weighted by atomic mass is 10.2. The fourth-order valence-corrected chi connectivity index (χ4v) is 5.13. The standard InChI is InChI=1S/C27H25BrN4O6S/c1-17-24(26(34)32(31(17)3)20-9-5-4-6-10-20)29-25(33)18(2)38-27(35)22-11-7-8-12-23(22)30-39(36,37)21-15-13-19(28)14-16-21/h4-16,18,30H,1-3H3,(H,29,33). The average molecular weight is 613 g/mol. The van der Waals surface area contributed by atoms with Crippen LogP contribution in [0.5, 0.6) is 0 Å². The van der Waals surface area contributed by atoms with Crippen molar-refractivity contribution < 1.29 is 22.7 Å². The SMILES string of the molecule is Cc1c(NC(=O)C(C)OC(=O)c2ccccc2NS(=O)(=O)c2ccc(Br)cc2)c(=O)n(-c2ccccc2)n1C. The zero-order chi connectivity index (χ0) is 28.3. The Morgan fingerprint density at radius 1 is 0.949 bits per heavy atom. The monoisotopic (exact) mass is 612 g/mol. The van der Waals surface area contributed by atoms with E-state index in [9.17, 15) is 22.8 Å². The second-order valence-electron chi connectivity index (χ2n) is 8.58. The Morgan fingerprint density at radius 2 is 1.56 bits per heavy atom. The summed E-state index contributed by atoms with van der Waals surface area (Å²) in [5.74, 6) is -1.64. The molecule has 0 bridgehead atoms. The van der Waals surface area contributed by atoms with E-state index in [0.29, 0.717) is 15.9 Å². The van der Waals surface area contributed by atoms with Gasteiger partial charge in [-0.05, 0) is 62.4 Å². The topological polar surface area (TPSA) is 128 Å². The number of esters is 1. The van der Waals surface area contributed by atoms with Crippen LogP contribution in [-0.4, -0.2) is 35.8 Å². The van der Waals surface area contributed by atoms with E-state index >= 15 is 0 Å². The predicted octanol–water partition coefficient (Wildman–Crippen LogP) is 4.23. The first kappa shape index (κ1) is 27.9. The highest BCUT2D eigenvalue weighted by Crippen LogP contribution is 2.23. The molecule has 39 heavy (non-hydrogen) atoms. The summed E-state index contributed by atoms with van der Waals surface area (Å²) in [5.41, 5.74) is 0.638. The van der Waals surface area contributed by atoms with Crippen LogP contribution in [0.4, 0.5) is 11.4 Å². The number of amides is 1. The van der Waals surface area contributed by atoms with Crippen molar-refractivity contribution in [3.05, 3.63) is 105 Å². The molecule has 0 aliphatic carbocycles. The maximum Gasteiger partial charge on any atom is 0.341 e. The highest BCUT2D eigenvalue weighted by molar-refractivity contribution is 9.10. The predicted molar refractivity (Wildman–Crippen MR) is 151 cm³/mol. The quantitative estimate of drug-likeness (QED) is 0.287. The van der Waals surface area contributed by atoms with Crippen LogP contribution in [0.15, 0.2) is 93.0 Å². The number of para-hydroxylation sites is 2. The summed E-state index contributed by atoms with van der Waals surface area (Å²) in [5, 5.41) is 2.56. The Kier molecular flexibility index (Phi) is 8.07. The van der Waals surface area contributed by atoms with E-state index < -0.39 is 33.6 Å². The van der Waals surface area contributed by atoms with Crippen molar-refractivity contribution >= 4 is 49.2 Å². The third kappa shape index (κ3) is 5.96. The van der Waals surface area contributed by atoms with Gasteiger partial charge in [0.2, 0.25) is 0 Å². The van der Waals surface area contributed by atoms with Gasteiger partial charge in [-0.3, -0.25) is 19.0 Å². The molecule has 1 amide bonds. The van der Waals surface area contributed by atoms with Crippen molar-refractivity contribution in [1.29, 1.82) is 0 Å². The summed E-state index contributed by atoms with van der Waals surface area (Å²) in [6.45, 7) is 3.04. The van der Waals surface area contributed by atoms with E-state index in [1.54, 1.807) is 61.1 Å². The zero-order valence-corrected chi connectivity index (χ0v) is 23.6. The third-order valence-electron chi connectivity index (χ3n) is 5.97. The minimum absolute atomic E-state index is 0.000932. The maximum absolute atomic E-state index is 13.1. The van der Waals surface area contributed by atoms with Gasteiger partial charge in [-0.2, -0.15) is 0 Å². The molecule has 1 atom stereocenters. The van der Waals surface area contributed by atoms with E-state index in [0.717, 1.165) is 0 Å². The number of sulfonamides is 1. The number of aromatic nitrogens is 2. The van der Waals surface area contributed by atoms with Crippen LogP contribution in [0.1, 0.15) is 23.0 Å². The van der Waals surface area contributed by atoms with Crippen LogP contribution >= 0.6 is 15.9 Å². The highest BCUT2D eigenvalue weighted by Gasteiger charge is 2.25. The van der Waals surface area contributed by atoms with Gasteiger partial charge in [0.1, 0.15) is 5.69 Å². The van der Waals surface area contributed by atoms with Gasteiger partial charge in [0.25, 0.3) is 21.5 Å². The van der Waals surface area contributed by atoms with Crippen molar-refractivity contribution in [2.75, 3.05) is 10.0 Å². The summed E-state index contributed by atoms with van der Waals surface area (Å²) in [4.78, 5) is 38.9. The molecule has 0 spiro atoms. The summed E-state index contributed by atoms with van der Waals surface area (Å²) in [6.07, 6.45) is -1.29. The number of hydrogen-bond donors (Lipinski definition) is 2. The smallest absolute Gasteiger partial charge is 0.341 e. The normalized spacial score (nSPS) is 12.0. The van der Waals surface area contributed by atoms with E-state index in [-0.39, 0.29) is 21.8 Å². The molecule has 10 nitrogen and oxygen atoms in total. The first-order valence-corrected chi connectivity index (χ1v) is 14.0. The molecule has 202 valence electrons. The molecule has 0 saturated heterocycles. The molecule has 1 aromatic heterocycles. The lowest BCUT2D eigenvalue weighted by Gasteiger charge is -2.15. The molecule has 2 N–H and O–H groups in total. The number of rotatable bonds is 8. The lowest BCUT2D eigenvalue weighted by Crippen LogP contribution is -2.32. The van der Waals surface area contributed by atoms with Gasteiger partial charge in [0.05, 0.1) is 27.5 Å². The highest BCUT2D eigenvalue weighted by atomic mass is 79.9. The number of ether oxygens (including phenoxy) is 1. The number of carbonyl (C=O) groups excluding carboxylic acids is 2. The van der Waals surface area contributed by atoms with Gasteiger partial charge in [-0.15, -0.1) is 0 Å². The second-order valence-corrected chi connectivity index (χ2v) is 11.2. The lowest BCUT2D eigenvalue weighted by molar-refractivity contribution is -0.123. The Morgan fingerprint density at radius 3 is 2.23 bits per heavy atom. The Labute approximate surface area is 233 Å². The van der Waals surface area contributed by atoms with Crippen LogP contribution in [0.25, 0.3) is 5.69 Å². The summed E-state index contributed by atoms with van der Waals surface area (Å²) >= 11 is 3.26. The van der Waals surface area contributed by atoms with Crippen molar-refractivity contribution in [3.8, 4) is 5.69 Å². The number of nitrogens with zero attached hydrogens (tertiary/aromatic N) is 2. The van der Waals surface area contributed by atoms with Crippen molar-refractivity contribution in [2.45, 2.75) is 24.8 Å². The Balaban J connectivity index is 1.51. The van der Waals surface area contributed by atoms with Crippen LogP contribution in [-0.2, 0) is 26.6 Å². The summed E-state index contributed by atoms with van der Waals surface area (Å²) < 4.78 is 37.1. The average Bonchev–Trinajstić information content (AvgIpc) is 3.12. The number of carbonyl (C=O) groups is 2. The van der Waals surface area contributed by atoms with E-state index in [1.807, 2.05) is 6.07 Å². The van der Waals surface area contributed by atoms with Crippen LogP contribution in [0, 0.1) is 6.92 Å². The van der Waals surface area contributed by atoms with Gasteiger partial charge in [-0.25, -0.2) is 17.9 Å². The van der Waals surface area contributed by atoms with Gasteiger partial charge in [0, 0.05) is 11.5 Å². The molecule has 0 saturated carbocycles. The minimum Gasteiger partial charge on any atom is -0.449 e. The van der Waals surface area contributed by atoms with Gasteiger partial charge >= 0.3 is 5.97 Å². The van der Waals surface area contributed by atoms with Gasteiger partial charge in [0.15, 0.2) is 6.10 Å². The second kappa shape index (κ2) is 11.3. The molecule has 1 unspecified atom stereocenters. The number of anilines is 2. The molecule has 3 aromatic carbocycles. The Bertz CT molecular complexity index is 1700. The van der Waals surface area contributed by atoms with Crippen LogP contribution in [0.3, 0.4) is 0 Å². The molecule has 0 aliphatic rings. The van der Waals surface area contributed by atoms with E-state index in [1.165, 1.54) is 41.9 Å². The van der Waals surface area contributed by atoms with Crippen LogP contribution in [0.2, 0.25) is 0 Å². The molecule has 0 aliphatic heterocycles. The first-order valence-electron chi connectivity index (χ1n) is 11.7. The fourth-order valence-electron chi connectivity index (χ4n) is 3.78. The third-order valence-corrected chi connectivity index (χ3v) is 7.88. The van der Waals surface area contributed by atoms with Gasteiger partial charge in [-0.1, -0.05) is 46.3 Å². The number of hydrogen-bond acceptors (Lipinski definition) is 6. The fraction of sp³-hybridized carbons (Fsp3) is 0.148. The molecule has 4 rings (SSSR count). The number of halogens is 1. The summed E-state index contributed by atoms with van der Waals surface area (Å²) in [7, 11) is -2.31. The maximum atomic E-state index is 13.1. The van der Waals surface area contributed by atoms with Crippen molar-refractivity contribution in [2.24, 2.45) is 7.05 Å². The molecule has 0 fully saturated rings. The van der Waals surface area contributed by atoms with Crippen LogP contribution < -0.4 is 15.6 Å². The largest absolute Gasteiger partial charge is 0.449 e. The first-order chi connectivity index (χ1) is 18.5. The molecule has 12 heteroatoms. The molecule has 0 radical (unpaired) electrons. The zero-order valence-electron chi connectivity index (χ0n) is 21.2. The molecular formula is C27H25BrN4O6S. The number of benzene rings is 3. The Hall–Kier alpha value is -4.16. The molecular weight excluding hydrogens is 588 g/mol.